The van der Waals surface area contributed by atoms with Crippen molar-refractivity contribution in [1.82, 2.24) is 15.1 Å². The van der Waals surface area contributed by atoms with E-state index in [1.807, 2.05) is 18.2 Å². The highest BCUT2D eigenvalue weighted by atomic mass is 32.2. The predicted octanol–water partition coefficient (Wildman–Crippen LogP) is 3.87. The van der Waals surface area contributed by atoms with E-state index in [9.17, 15) is 4.79 Å². The molecule has 1 saturated carbocycles. The maximum atomic E-state index is 12.2. The molecule has 1 amide bonds. The number of fused-ring (bicyclic) bond motifs is 1. The Morgan fingerprint density at radius 1 is 1.26 bits per heavy atom. The Morgan fingerprint density at radius 3 is 2.89 bits per heavy atom. The van der Waals surface area contributed by atoms with Crippen LogP contribution < -0.4 is 5.32 Å². The molecule has 2 aliphatic rings. The summed E-state index contributed by atoms with van der Waals surface area (Å²) in [7, 11) is 0. The Morgan fingerprint density at radius 2 is 2.07 bits per heavy atom. The van der Waals surface area contributed by atoms with Crippen LogP contribution in [-0.4, -0.2) is 28.0 Å². The van der Waals surface area contributed by atoms with Gasteiger partial charge in [0.05, 0.1) is 31.5 Å². The second-order valence-corrected chi connectivity index (χ2v) is 8.41. The predicted molar refractivity (Wildman–Crippen MR) is 107 cm³/mol. The molecule has 5 nitrogen and oxygen atoms in total. The van der Waals surface area contributed by atoms with Crippen LogP contribution in [0.3, 0.4) is 0 Å². The molecule has 0 atom stereocenters. The number of carbonyl (C=O) groups excluding carboxylic acids is 1. The number of hydrogen-bond donors (Lipinski definition) is 1. The number of aromatic nitrogens is 2. The zero-order chi connectivity index (χ0) is 18.5. The van der Waals surface area contributed by atoms with Crippen molar-refractivity contribution in [3.8, 4) is 0 Å². The average molecular weight is 386 g/mol. The minimum atomic E-state index is 0.0827. The van der Waals surface area contributed by atoms with Crippen molar-refractivity contribution in [2.75, 3.05) is 12.4 Å². The Kier molecular flexibility index (Phi) is 6.14. The number of nitrogens with one attached hydrogen (secondary N) is 1. The second-order valence-electron chi connectivity index (χ2n) is 7.25. The molecule has 0 saturated heterocycles. The van der Waals surface area contributed by atoms with Crippen LogP contribution in [0, 0.1) is 0 Å². The van der Waals surface area contributed by atoms with Gasteiger partial charge in [0.25, 0.3) is 0 Å². The Labute approximate surface area is 164 Å². The fourth-order valence-electron chi connectivity index (χ4n) is 3.97. The van der Waals surface area contributed by atoms with Crippen LogP contribution in [0.25, 0.3) is 0 Å². The first-order chi connectivity index (χ1) is 13.3. The molecule has 2 heterocycles. The fourth-order valence-corrected chi connectivity index (χ4v) is 4.85. The number of carbonyl (C=O) groups is 1. The standard InChI is InChI=1S/C21H27N3O2S/c25-21(11-13-27-17-8-2-1-3-9-17)22-14-19-18-15-26-12-10-20(18)24(23-19)16-6-4-5-7-16/h1-3,8-9,16H,4-7,10-15H2,(H,22,25). The van der Waals surface area contributed by atoms with Crippen molar-refractivity contribution >= 4 is 17.7 Å². The molecule has 1 aromatic carbocycles. The zero-order valence-corrected chi connectivity index (χ0v) is 16.5. The minimum Gasteiger partial charge on any atom is -0.376 e. The van der Waals surface area contributed by atoms with E-state index in [4.69, 9.17) is 9.84 Å². The average Bonchev–Trinajstić information content (AvgIpc) is 3.35. The van der Waals surface area contributed by atoms with Gasteiger partial charge in [0.1, 0.15) is 0 Å². The lowest BCUT2D eigenvalue weighted by Crippen LogP contribution is -2.24. The van der Waals surface area contributed by atoms with Gasteiger partial charge in [-0.1, -0.05) is 31.0 Å². The number of hydrogen-bond acceptors (Lipinski definition) is 4. The van der Waals surface area contributed by atoms with E-state index in [2.05, 4.69) is 22.1 Å². The number of benzene rings is 1. The molecule has 1 aromatic heterocycles. The highest BCUT2D eigenvalue weighted by Gasteiger charge is 2.27. The molecule has 27 heavy (non-hydrogen) atoms. The third kappa shape index (κ3) is 4.55. The van der Waals surface area contributed by atoms with Crippen molar-refractivity contribution in [1.29, 1.82) is 0 Å². The van der Waals surface area contributed by atoms with E-state index in [1.54, 1.807) is 11.8 Å². The monoisotopic (exact) mass is 385 g/mol. The summed E-state index contributed by atoms with van der Waals surface area (Å²) in [4.78, 5) is 13.4. The van der Waals surface area contributed by atoms with Crippen LogP contribution in [0.2, 0.25) is 0 Å². The summed E-state index contributed by atoms with van der Waals surface area (Å²) in [5, 5.41) is 7.95. The van der Waals surface area contributed by atoms with Gasteiger partial charge in [0.15, 0.2) is 0 Å². The van der Waals surface area contributed by atoms with Crippen molar-refractivity contribution < 1.29 is 9.53 Å². The van der Waals surface area contributed by atoms with Crippen LogP contribution in [0.5, 0.6) is 0 Å². The number of thioether (sulfide) groups is 1. The number of amides is 1. The second kappa shape index (κ2) is 8.93. The molecule has 1 N–H and O–H groups in total. The first-order valence-corrected chi connectivity index (χ1v) is 10.9. The number of rotatable bonds is 7. The van der Waals surface area contributed by atoms with Crippen molar-refractivity contribution in [2.45, 2.75) is 62.6 Å². The maximum Gasteiger partial charge on any atom is 0.221 e. The van der Waals surface area contributed by atoms with Crippen LogP contribution in [0.1, 0.15) is 55.1 Å². The highest BCUT2D eigenvalue weighted by Crippen LogP contribution is 2.33. The molecule has 144 valence electrons. The molecular weight excluding hydrogens is 358 g/mol. The van der Waals surface area contributed by atoms with E-state index in [0.717, 1.165) is 24.5 Å². The third-order valence-corrected chi connectivity index (χ3v) is 6.41. The molecule has 0 spiro atoms. The summed E-state index contributed by atoms with van der Waals surface area (Å²) in [5.74, 6) is 0.868. The summed E-state index contributed by atoms with van der Waals surface area (Å²) >= 11 is 1.71. The van der Waals surface area contributed by atoms with Gasteiger partial charge in [-0.2, -0.15) is 5.10 Å². The zero-order valence-electron chi connectivity index (χ0n) is 15.7. The minimum absolute atomic E-state index is 0.0827. The molecule has 0 radical (unpaired) electrons. The van der Waals surface area contributed by atoms with Crippen LogP contribution in [0.4, 0.5) is 0 Å². The van der Waals surface area contributed by atoms with E-state index < -0.39 is 0 Å². The van der Waals surface area contributed by atoms with Crippen LogP contribution >= 0.6 is 11.8 Å². The van der Waals surface area contributed by atoms with Gasteiger partial charge in [-0.25, -0.2) is 0 Å². The van der Waals surface area contributed by atoms with Gasteiger partial charge in [0.2, 0.25) is 5.91 Å². The summed E-state index contributed by atoms with van der Waals surface area (Å²) in [6, 6.07) is 10.7. The summed E-state index contributed by atoms with van der Waals surface area (Å²) in [5.41, 5.74) is 3.52. The quantitative estimate of drug-likeness (QED) is 0.735. The topological polar surface area (TPSA) is 56.2 Å². The number of nitrogens with zero attached hydrogens (tertiary/aromatic N) is 2. The van der Waals surface area contributed by atoms with Gasteiger partial charge in [0, 0.05) is 34.7 Å². The van der Waals surface area contributed by atoms with E-state index >= 15 is 0 Å². The van der Waals surface area contributed by atoms with Crippen molar-refractivity contribution in [3.05, 3.63) is 47.3 Å². The summed E-state index contributed by atoms with van der Waals surface area (Å²) in [6.07, 6.45) is 6.47. The van der Waals surface area contributed by atoms with E-state index in [0.29, 0.717) is 25.6 Å². The molecule has 2 aromatic rings. The van der Waals surface area contributed by atoms with Crippen molar-refractivity contribution in [3.63, 3.8) is 0 Å². The molecule has 4 rings (SSSR count). The lowest BCUT2D eigenvalue weighted by atomic mass is 10.1. The van der Waals surface area contributed by atoms with Gasteiger partial charge < -0.3 is 10.1 Å². The number of ether oxygens (including phenoxy) is 1. The molecule has 1 aliphatic heterocycles. The normalized spacial score (nSPS) is 17.0. The van der Waals surface area contributed by atoms with Gasteiger partial charge in [-0.3, -0.25) is 9.48 Å². The van der Waals surface area contributed by atoms with Crippen LogP contribution in [-0.2, 0) is 29.1 Å². The largest absolute Gasteiger partial charge is 0.376 e. The summed E-state index contributed by atoms with van der Waals surface area (Å²) < 4.78 is 7.91. The smallest absolute Gasteiger partial charge is 0.221 e. The fraction of sp³-hybridized carbons (Fsp3) is 0.524. The molecule has 0 bridgehead atoms. The maximum absolute atomic E-state index is 12.2. The van der Waals surface area contributed by atoms with Gasteiger partial charge >= 0.3 is 0 Å². The first kappa shape index (κ1) is 18.6. The SMILES string of the molecule is O=C(CCSc1ccccc1)NCc1nn(C2CCCC2)c2c1COCC2. The third-order valence-electron chi connectivity index (χ3n) is 5.40. The molecular formula is C21H27N3O2S. The molecule has 6 heteroatoms. The van der Waals surface area contributed by atoms with Crippen LogP contribution in [0.15, 0.2) is 35.2 Å². The molecule has 0 unspecified atom stereocenters. The Balaban J connectivity index is 1.33. The molecule has 1 fully saturated rings. The van der Waals surface area contributed by atoms with E-state index in [-0.39, 0.29) is 5.91 Å². The highest BCUT2D eigenvalue weighted by molar-refractivity contribution is 7.99. The molecule has 1 aliphatic carbocycles. The van der Waals surface area contributed by atoms with Gasteiger partial charge in [-0.15, -0.1) is 11.8 Å². The van der Waals surface area contributed by atoms with Crippen molar-refractivity contribution in [2.24, 2.45) is 0 Å². The lowest BCUT2D eigenvalue weighted by molar-refractivity contribution is -0.120. The van der Waals surface area contributed by atoms with Gasteiger partial charge in [-0.05, 0) is 25.0 Å². The Hall–Kier alpha value is -1.79. The Bertz CT molecular complexity index is 769. The van der Waals surface area contributed by atoms with E-state index in [1.165, 1.54) is 41.8 Å². The summed E-state index contributed by atoms with van der Waals surface area (Å²) in [6.45, 7) is 1.89. The first-order valence-electron chi connectivity index (χ1n) is 9.92. The lowest BCUT2D eigenvalue weighted by Gasteiger charge is -2.18.